The van der Waals surface area contributed by atoms with Gasteiger partial charge in [0.2, 0.25) is 0 Å². The van der Waals surface area contributed by atoms with E-state index in [1.165, 1.54) is 45.1 Å². The maximum atomic E-state index is 5.91. The van der Waals surface area contributed by atoms with Crippen LogP contribution in [-0.2, 0) is 0 Å². The second-order valence-electron chi connectivity index (χ2n) is 5.49. The molecule has 1 unspecified atom stereocenters. The summed E-state index contributed by atoms with van der Waals surface area (Å²) in [7, 11) is 0. The van der Waals surface area contributed by atoms with Gasteiger partial charge in [0.05, 0.1) is 0 Å². The lowest BCUT2D eigenvalue weighted by molar-refractivity contribution is 0.111. The number of hydrogen-bond donors (Lipinski definition) is 1. The average molecular weight is 212 g/mol. The molecular weight excluding hydrogens is 184 g/mol. The van der Waals surface area contributed by atoms with Crippen molar-refractivity contribution in [2.75, 3.05) is 13.1 Å². The van der Waals surface area contributed by atoms with E-state index in [2.05, 4.69) is 25.7 Å². The fraction of sp³-hybridized carbons (Fsp3) is 1.00. The van der Waals surface area contributed by atoms with Crippen molar-refractivity contribution in [3.63, 3.8) is 0 Å². The van der Waals surface area contributed by atoms with Crippen LogP contribution in [0.25, 0.3) is 0 Å². The van der Waals surface area contributed by atoms with Crippen LogP contribution in [0.4, 0.5) is 0 Å². The van der Waals surface area contributed by atoms with Crippen LogP contribution in [0.2, 0.25) is 0 Å². The highest BCUT2D eigenvalue weighted by atomic mass is 15.2. The molecule has 0 saturated carbocycles. The average Bonchev–Trinajstić information content (AvgIpc) is 2.53. The summed E-state index contributed by atoms with van der Waals surface area (Å²) in [6, 6.07) is 0.619. The first kappa shape index (κ1) is 13.0. The maximum Gasteiger partial charge on any atom is 0.0223 e. The third-order valence-corrected chi connectivity index (χ3v) is 3.82. The fourth-order valence-corrected chi connectivity index (χ4v) is 2.84. The SMILES string of the molecule is CCCCCC(CN)N1CCCC1(C)C. The Labute approximate surface area is 95.2 Å². The summed E-state index contributed by atoms with van der Waals surface area (Å²) >= 11 is 0. The number of likely N-dealkylation sites (tertiary alicyclic amines) is 1. The Morgan fingerprint density at radius 1 is 1.33 bits per heavy atom. The van der Waals surface area contributed by atoms with Crippen LogP contribution >= 0.6 is 0 Å². The lowest BCUT2D eigenvalue weighted by Gasteiger charge is -2.38. The fourth-order valence-electron chi connectivity index (χ4n) is 2.84. The van der Waals surface area contributed by atoms with Crippen LogP contribution in [0.1, 0.15) is 59.3 Å². The van der Waals surface area contributed by atoms with E-state index in [-0.39, 0.29) is 0 Å². The van der Waals surface area contributed by atoms with Crippen molar-refractivity contribution in [3.05, 3.63) is 0 Å². The van der Waals surface area contributed by atoms with Crippen LogP contribution in [0, 0.1) is 0 Å². The Morgan fingerprint density at radius 3 is 2.53 bits per heavy atom. The molecule has 0 spiro atoms. The molecule has 0 aromatic rings. The molecular formula is C13H28N2. The molecule has 1 fully saturated rings. The smallest absolute Gasteiger partial charge is 0.0223 e. The number of hydrogen-bond acceptors (Lipinski definition) is 2. The minimum Gasteiger partial charge on any atom is -0.329 e. The van der Waals surface area contributed by atoms with E-state index in [1.54, 1.807) is 0 Å². The van der Waals surface area contributed by atoms with E-state index in [0.717, 1.165) is 6.54 Å². The van der Waals surface area contributed by atoms with Gasteiger partial charge in [0.1, 0.15) is 0 Å². The van der Waals surface area contributed by atoms with Crippen molar-refractivity contribution >= 4 is 0 Å². The zero-order valence-corrected chi connectivity index (χ0v) is 10.8. The van der Waals surface area contributed by atoms with Crippen LogP contribution in [0.5, 0.6) is 0 Å². The lowest BCUT2D eigenvalue weighted by Crippen LogP contribution is -2.48. The van der Waals surface area contributed by atoms with Crippen LogP contribution in [0.15, 0.2) is 0 Å². The minimum absolute atomic E-state index is 0.385. The molecule has 0 aliphatic carbocycles. The number of unbranched alkanes of at least 4 members (excludes halogenated alkanes) is 2. The molecule has 1 heterocycles. The highest BCUT2D eigenvalue weighted by Crippen LogP contribution is 2.31. The second-order valence-corrected chi connectivity index (χ2v) is 5.49. The predicted molar refractivity (Wildman–Crippen MR) is 67.0 cm³/mol. The Morgan fingerprint density at radius 2 is 2.07 bits per heavy atom. The molecule has 1 atom stereocenters. The Bertz CT molecular complexity index is 177. The Hall–Kier alpha value is -0.0800. The zero-order valence-electron chi connectivity index (χ0n) is 10.8. The first-order chi connectivity index (χ1) is 7.11. The first-order valence-corrected chi connectivity index (χ1v) is 6.58. The third-order valence-electron chi connectivity index (χ3n) is 3.82. The summed E-state index contributed by atoms with van der Waals surface area (Å²) in [5.41, 5.74) is 6.30. The first-order valence-electron chi connectivity index (χ1n) is 6.58. The molecule has 0 aromatic heterocycles. The minimum atomic E-state index is 0.385. The molecule has 15 heavy (non-hydrogen) atoms. The number of nitrogens with two attached hydrogens (primary N) is 1. The van der Waals surface area contributed by atoms with E-state index < -0.39 is 0 Å². The van der Waals surface area contributed by atoms with Crippen molar-refractivity contribution in [2.24, 2.45) is 5.73 Å². The van der Waals surface area contributed by atoms with Gasteiger partial charge in [-0.05, 0) is 39.7 Å². The molecule has 1 rings (SSSR count). The Kier molecular flexibility index (Phi) is 5.07. The van der Waals surface area contributed by atoms with Gasteiger partial charge in [-0.25, -0.2) is 0 Å². The van der Waals surface area contributed by atoms with Gasteiger partial charge in [-0.3, -0.25) is 4.90 Å². The van der Waals surface area contributed by atoms with Crippen molar-refractivity contribution in [1.29, 1.82) is 0 Å². The molecule has 0 amide bonds. The van der Waals surface area contributed by atoms with Gasteiger partial charge in [0.15, 0.2) is 0 Å². The summed E-state index contributed by atoms with van der Waals surface area (Å²) in [4.78, 5) is 2.64. The van der Waals surface area contributed by atoms with Gasteiger partial charge in [0.25, 0.3) is 0 Å². The van der Waals surface area contributed by atoms with Crippen molar-refractivity contribution in [2.45, 2.75) is 70.9 Å². The third kappa shape index (κ3) is 3.46. The molecule has 1 aliphatic rings. The van der Waals surface area contributed by atoms with E-state index in [1.807, 2.05) is 0 Å². The topological polar surface area (TPSA) is 29.3 Å². The van der Waals surface area contributed by atoms with Gasteiger partial charge >= 0.3 is 0 Å². The summed E-state index contributed by atoms with van der Waals surface area (Å²) in [6.07, 6.45) is 7.96. The molecule has 2 heteroatoms. The van der Waals surface area contributed by atoms with Gasteiger partial charge in [-0.15, -0.1) is 0 Å². The summed E-state index contributed by atoms with van der Waals surface area (Å²) in [6.45, 7) is 9.07. The highest BCUT2D eigenvalue weighted by Gasteiger charge is 2.35. The van der Waals surface area contributed by atoms with Crippen molar-refractivity contribution in [1.82, 2.24) is 4.90 Å². The van der Waals surface area contributed by atoms with E-state index >= 15 is 0 Å². The van der Waals surface area contributed by atoms with Gasteiger partial charge in [0, 0.05) is 18.1 Å². The molecule has 90 valence electrons. The van der Waals surface area contributed by atoms with Gasteiger partial charge in [-0.1, -0.05) is 26.2 Å². The quantitative estimate of drug-likeness (QED) is 0.686. The Balaban J connectivity index is 2.43. The molecule has 0 radical (unpaired) electrons. The molecule has 1 aliphatic heterocycles. The summed E-state index contributed by atoms with van der Waals surface area (Å²) < 4.78 is 0. The normalized spacial score (nSPS) is 23.2. The van der Waals surface area contributed by atoms with Gasteiger partial charge < -0.3 is 5.73 Å². The van der Waals surface area contributed by atoms with Crippen molar-refractivity contribution in [3.8, 4) is 0 Å². The standard InChI is InChI=1S/C13H28N2/c1-4-5-6-8-12(11-14)15-10-7-9-13(15,2)3/h12H,4-11,14H2,1-3H3. The largest absolute Gasteiger partial charge is 0.329 e. The van der Waals surface area contributed by atoms with Crippen molar-refractivity contribution < 1.29 is 0 Å². The molecule has 2 N–H and O–H groups in total. The second kappa shape index (κ2) is 5.86. The predicted octanol–water partition coefficient (Wildman–Crippen LogP) is 2.77. The van der Waals surface area contributed by atoms with Crippen LogP contribution < -0.4 is 5.73 Å². The van der Waals surface area contributed by atoms with Crippen LogP contribution in [0.3, 0.4) is 0 Å². The molecule has 1 saturated heterocycles. The van der Waals surface area contributed by atoms with Crippen LogP contribution in [-0.4, -0.2) is 29.6 Å². The van der Waals surface area contributed by atoms with E-state index in [0.29, 0.717) is 11.6 Å². The number of rotatable bonds is 6. The molecule has 2 nitrogen and oxygen atoms in total. The lowest BCUT2D eigenvalue weighted by atomic mass is 9.98. The monoisotopic (exact) mass is 212 g/mol. The van der Waals surface area contributed by atoms with E-state index in [4.69, 9.17) is 5.73 Å². The molecule has 0 bridgehead atoms. The molecule has 0 aromatic carbocycles. The zero-order chi connectivity index (χ0) is 11.3. The summed E-state index contributed by atoms with van der Waals surface area (Å²) in [5, 5.41) is 0. The summed E-state index contributed by atoms with van der Waals surface area (Å²) in [5.74, 6) is 0. The number of nitrogens with zero attached hydrogens (tertiary/aromatic N) is 1. The van der Waals surface area contributed by atoms with E-state index in [9.17, 15) is 0 Å². The van der Waals surface area contributed by atoms with Gasteiger partial charge in [-0.2, -0.15) is 0 Å². The highest BCUT2D eigenvalue weighted by molar-refractivity contribution is 4.92. The maximum absolute atomic E-state index is 5.91.